The van der Waals surface area contributed by atoms with Gasteiger partial charge in [0.05, 0.1) is 103 Å². The summed E-state index contributed by atoms with van der Waals surface area (Å²) in [7, 11) is 0. The van der Waals surface area contributed by atoms with Gasteiger partial charge in [0.25, 0.3) is 0 Å². The lowest BCUT2D eigenvalue weighted by Crippen LogP contribution is -2.32. The van der Waals surface area contributed by atoms with E-state index in [0.29, 0.717) is 22.4 Å². The zero-order chi connectivity index (χ0) is 47.1. The molecule has 2 aliphatic rings. The Bertz CT molecular complexity index is 4690. The highest BCUT2D eigenvalue weighted by Crippen LogP contribution is 2.62. The van der Waals surface area contributed by atoms with E-state index in [9.17, 15) is 15.8 Å². The van der Waals surface area contributed by atoms with Crippen molar-refractivity contribution in [3.63, 3.8) is 0 Å². The first-order valence-electron chi connectivity index (χ1n) is 23.1. The summed E-state index contributed by atoms with van der Waals surface area (Å²) in [5, 5.41) is 35.8. The van der Waals surface area contributed by atoms with E-state index in [1.54, 1.807) is 6.20 Å². The van der Waals surface area contributed by atoms with Gasteiger partial charge in [0.15, 0.2) is 0 Å². The summed E-state index contributed by atoms with van der Waals surface area (Å²) in [5.41, 5.74) is 15.0. The van der Waals surface area contributed by atoms with E-state index in [1.165, 1.54) is 0 Å². The molecule has 10 heteroatoms. The number of aromatic nitrogens is 6. The molecule has 0 saturated carbocycles. The first-order valence-corrected chi connectivity index (χ1v) is 23.1. The van der Waals surface area contributed by atoms with Crippen molar-refractivity contribution >= 4 is 65.4 Å². The lowest BCUT2D eigenvalue weighted by molar-refractivity contribution is 0.436. The van der Waals surface area contributed by atoms with Gasteiger partial charge in [-0.2, -0.15) is 15.8 Å². The zero-order valence-electron chi connectivity index (χ0n) is 37.3. The fraction of sp³-hybridized carbons (Fsp3) is 0.0164. The van der Waals surface area contributed by atoms with Crippen molar-refractivity contribution in [2.45, 2.75) is 5.41 Å². The topological polar surface area (TPSA) is 134 Å². The number of ether oxygens (including phenoxy) is 1. The van der Waals surface area contributed by atoms with Gasteiger partial charge in [-0.15, -0.1) is 0 Å². The minimum atomic E-state index is -0.861. The predicted octanol–water partition coefficient (Wildman–Crippen LogP) is 13.2. The molecule has 10 nitrogen and oxygen atoms in total. The van der Waals surface area contributed by atoms with Crippen LogP contribution >= 0.6 is 0 Å². The summed E-state index contributed by atoms with van der Waals surface area (Å²) in [6.07, 6.45) is 7.42. The van der Waals surface area contributed by atoms with Gasteiger partial charge in [-0.3, -0.25) is 15.0 Å². The van der Waals surface area contributed by atoms with Crippen LogP contribution in [0.15, 0.2) is 189 Å². The Balaban J connectivity index is 0.960. The van der Waals surface area contributed by atoms with Crippen LogP contribution < -0.4 is 4.74 Å². The van der Waals surface area contributed by atoms with Crippen LogP contribution in [0, 0.1) is 34.0 Å². The molecule has 1 atom stereocenters. The molecule has 1 aliphatic heterocycles. The highest BCUT2D eigenvalue weighted by atomic mass is 16.5. The molecule has 1 unspecified atom stereocenters. The third-order valence-electron chi connectivity index (χ3n) is 14.7. The average molecular weight is 906 g/mol. The van der Waals surface area contributed by atoms with E-state index in [-0.39, 0.29) is 0 Å². The summed E-state index contributed by atoms with van der Waals surface area (Å²) >= 11 is 0. The quantitative estimate of drug-likeness (QED) is 0.172. The van der Waals surface area contributed by atoms with Crippen LogP contribution in [0.5, 0.6) is 11.5 Å². The molecule has 0 N–H and O–H groups in total. The first kappa shape index (κ1) is 38.7. The maximum absolute atomic E-state index is 10.2. The van der Waals surface area contributed by atoms with Crippen molar-refractivity contribution in [2.24, 2.45) is 0 Å². The van der Waals surface area contributed by atoms with E-state index in [1.807, 2.05) is 110 Å². The van der Waals surface area contributed by atoms with Crippen molar-refractivity contribution in [3.05, 3.63) is 228 Å². The monoisotopic (exact) mass is 905 g/mol. The second-order valence-electron chi connectivity index (χ2n) is 18.2. The molecule has 326 valence electrons. The molecule has 0 amide bonds. The predicted molar refractivity (Wildman–Crippen MR) is 274 cm³/mol. The van der Waals surface area contributed by atoms with Crippen LogP contribution in [0.4, 0.5) is 0 Å². The highest BCUT2D eigenvalue weighted by Gasteiger charge is 2.52. The largest absolute Gasteiger partial charge is 0.457 e. The minimum absolute atomic E-state index is 0.562. The third kappa shape index (κ3) is 5.08. The molecule has 0 saturated heterocycles. The lowest BCUT2D eigenvalue weighted by atomic mass is 9.66. The summed E-state index contributed by atoms with van der Waals surface area (Å²) in [6.45, 7) is 0. The maximum atomic E-state index is 10.2. The molecule has 7 heterocycles. The SMILES string of the molecule is N#Cc1ccc2c(c1)c1ccccc1n2-c1cnc2c(c1)C1(c3ccccc3Oc3cc(-n4c5ccc(C#N)cc5c5cc(-n6c7ccc(C#N)cc7c7ccncc76)ccc54)ccc31)c1cccnc1-2. The zero-order valence-corrected chi connectivity index (χ0v) is 37.3. The summed E-state index contributed by atoms with van der Waals surface area (Å²) in [4.78, 5) is 14.8. The molecule has 71 heavy (non-hydrogen) atoms. The number of fused-ring (bicyclic) bond motifs is 18. The molecular weight excluding hydrogens is 875 g/mol. The number of benzene rings is 7. The number of rotatable bonds is 3. The van der Waals surface area contributed by atoms with E-state index >= 15 is 0 Å². The van der Waals surface area contributed by atoms with Crippen LogP contribution in [0.2, 0.25) is 0 Å². The van der Waals surface area contributed by atoms with Gasteiger partial charge in [-0.05, 0) is 115 Å². The number of hydrogen-bond donors (Lipinski definition) is 0. The first-order chi connectivity index (χ1) is 35.0. The Morgan fingerprint density at radius 1 is 0.380 bits per heavy atom. The number of pyridine rings is 3. The molecule has 15 rings (SSSR count). The molecular formula is C61H31N9O. The Kier molecular flexibility index (Phi) is 7.69. The molecule has 0 fully saturated rings. The van der Waals surface area contributed by atoms with Crippen molar-refractivity contribution in [1.29, 1.82) is 15.8 Å². The number of nitrogens with zero attached hydrogens (tertiary/aromatic N) is 9. The third-order valence-corrected chi connectivity index (χ3v) is 14.7. The van der Waals surface area contributed by atoms with E-state index in [2.05, 4.69) is 110 Å². The second kappa shape index (κ2) is 14.1. The fourth-order valence-electron chi connectivity index (χ4n) is 11.9. The standard InChI is InChI=1S/C61H31N9O/c62-30-35-12-18-53-43(24-35)41-6-1-3-9-51(41)70(53)40-28-50-60(67-33-40)59-49(8-5-22-66-59)61(50)47-7-2-4-10-57(47)71-58-29-39(14-16-48(58)61)68-54-19-13-37(32-64)26-45(54)46-27-38(15-20-55(46)68)69-52-17-11-36(31-63)25-44(52)42-21-23-65-34-56(42)69/h1-29,33-34H. The normalized spacial score (nSPS) is 14.3. The van der Waals surface area contributed by atoms with Gasteiger partial charge < -0.3 is 18.4 Å². The molecule has 1 aliphatic carbocycles. The van der Waals surface area contributed by atoms with Crippen molar-refractivity contribution < 1.29 is 4.74 Å². The van der Waals surface area contributed by atoms with Crippen LogP contribution in [0.1, 0.15) is 38.9 Å². The highest BCUT2D eigenvalue weighted by molar-refractivity contribution is 6.13. The molecule has 0 radical (unpaired) electrons. The van der Waals surface area contributed by atoms with Gasteiger partial charge in [0.2, 0.25) is 0 Å². The van der Waals surface area contributed by atoms with Gasteiger partial charge in [0.1, 0.15) is 11.5 Å². The van der Waals surface area contributed by atoms with Crippen molar-refractivity contribution in [1.82, 2.24) is 28.7 Å². The van der Waals surface area contributed by atoms with Gasteiger partial charge in [-0.1, -0.05) is 48.5 Å². The number of hydrogen-bond acceptors (Lipinski definition) is 7. The van der Waals surface area contributed by atoms with Crippen LogP contribution in [-0.2, 0) is 5.41 Å². The average Bonchev–Trinajstić information content (AvgIpc) is 4.14. The maximum Gasteiger partial charge on any atom is 0.134 e. The number of para-hydroxylation sites is 2. The van der Waals surface area contributed by atoms with E-state index < -0.39 is 5.41 Å². The smallest absolute Gasteiger partial charge is 0.134 e. The van der Waals surface area contributed by atoms with E-state index in [0.717, 1.165) is 122 Å². The second-order valence-corrected chi connectivity index (χ2v) is 18.2. The Labute approximate surface area is 404 Å². The van der Waals surface area contributed by atoms with E-state index in [4.69, 9.17) is 14.7 Å². The van der Waals surface area contributed by atoms with Crippen LogP contribution in [-0.4, -0.2) is 28.7 Å². The van der Waals surface area contributed by atoms with Crippen LogP contribution in [0.3, 0.4) is 0 Å². The molecule has 0 bridgehead atoms. The lowest BCUT2D eigenvalue weighted by Gasteiger charge is -2.39. The minimum Gasteiger partial charge on any atom is -0.457 e. The van der Waals surface area contributed by atoms with Crippen molar-refractivity contribution in [2.75, 3.05) is 0 Å². The molecule has 7 aromatic carbocycles. The summed E-state index contributed by atoms with van der Waals surface area (Å²) < 4.78 is 13.7. The summed E-state index contributed by atoms with van der Waals surface area (Å²) in [6, 6.07) is 62.4. The molecule has 1 spiro atoms. The molecule has 13 aromatic rings. The number of nitriles is 3. The Morgan fingerprint density at radius 2 is 0.930 bits per heavy atom. The van der Waals surface area contributed by atoms with Crippen LogP contribution in [0.25, 0.3) is 93.9 Å². The fourth-order valence-corrected chi connectivity index (χ4v) is 11.9. The van der Waals surface area contributed by atoms with Gasteiger partial charge in [0, 0.05) is 78.8 Å². The Morgan fingerprint density at radius 3 is 1.68 bits per heavy atom. The van der Waals surface area contributed by atoms with Crippen molar-refractivity contribution in [3.8, 4) is 58.2 Å². The summed E-state index contributed by atoms with van der Waals surface area (Å²) in [5.74, 6) is 1.43. The van der Waals surface area contributed by atoms with Gasteiger partial charge >= 0.3 is 0 Å². The van der Waals surface area contributed by atoms with Gasteiger partial charge in [-0.25, -0.2) is 0 Å². The molecule has 6 aromatic heterocycles. The Hall–Kier alpha value is -10.3.